The lowest BCUT2D eigenvalue weighted by Crippen LogP contribution is -2.36. The highest BCUT2D eigenvalue weighted by molar-refractivity contribution is 5.76. The van der Waals surface area contributed by atoms with Crippen molar-refractivity contribution in [3.05, 3.63) is 41.9 Å². The van der Waals surface area contributed by atoms with Gasteiger partial charge in [0, 0.05) is 39.1 Å². The normalized spacial score (nSPS) is 11.2. The van der Waals surface area contributed by atoms with Crippen molar-refractivity contribution in [2.75, 3.05) is 26.8 Å². The van der Waals surface area contributed by atoms with Gasteiger partial charge >= 0.3 is 0 Å². The summed E-state index contributed by atoms with van der Waals surface area (Å²) < 4.78 is 37.4. The van der Waals surface area contributed by atoms with Gasteiger partial charge in [-0.15, -0.1) is 0 Å². The Morgan fingerprint density at radius 2 is 2.12 bits per heavy atom. The van der Waals surface area contributed by atoms with Crippen LogP contribution < -0.4 is 0 Å². The van der Waals surface area contributed by atoms with Crippen LogP contribution in [-0.4, -0.2) is 42.6 Å². The summed E-state index contributed by atoms with van der Waals surface area (Å²) in [4.78, 5) is 18.3. The van der Waals surface area contributed by atoms with E-state index in [0.29, 0.717) is 37.9 Å². The minimum atomic E-state index is -0.716. The molecule has 0 atom stereocenters. The van der Waals surface area contributed by atoms with Crippen LogP contribution in [0.3, 0.4) is 0 Å². The summed E-state index contributed by atoms with van der Waals surface area (Å²) in [6.45, 7) is 5.76. The first kappa shape index (κ1) is 20.0. The van der Waals surface area contributed by atoms with Crippen LogP contribution in [0.15, 0.2) is 28.8 Å². The molecule has 0 fully saturated rings. The van der Waals surface area contributed by atoms with Crippen molar-refractivity contribution in [3.63, 3.8) is 0 Å². The Balaban J connectivity index is 1.98. The Hall–Kier alpha value is -2.28. The third kappa shape index (κ3) is 5.62. The third-order valence-electron chi connectivity index (χ3n) is 3.81. The average Bonchev–Trinajstić information content (AvgIpc) is 3.04. The third-order valence-corrected chi connectivity index (χ3v) is 3.81. The summed E-state index contributed by atoms with van der Waals surface area (Å²) in [6, 6.07) is 3.25. The number of benzene rings is 1. The topological polar surface area (TPSA) is 55.6 Å². The van der Waals surface area contributed by atoms with Crippen LogP contribution in [-0.2, 0) is 16.0 Å². The van der Waals surface area contributed by atoms with Crippen LogP contribution in [0.2, 0.25) is 0 Å². The van der Waals surface area contributed by atoms with E-state index in [4.69, 9.17) is 9.15 Å². The zero-order chi connectivity index (χ0) is 19.1. The number of hydrogen-bond acceptors (Lipinski definition) is 4. The SMILES string of the molecule is COCCN(CC(C)C)C(=O)CCc1ncc(-c2ccc(F)cc2F)o1. The van der Waals surface area contributed by atoms with Gasteiger partial charge in [0.25, 0.3) is 0 Å². The first-order chi connectivity index (χ1) is 12.4. The first-order valence-corrected chi connectivity index (χ1v) is 8.57. The number of nitrogens with zero attached hydrogens (tertiary/aromatic N) is 2. The number of ether oxygens (including phenoxy) is 1. The van der Waals surface area contributed by atoms with Crippen LogP contribution in [0.1, 0.15) is 26.2 Å². The predicted octanol–water partition coefficient (Wildman–Crippen LogP) is 3.68. The highest BCUT2D eigenvalue weighted by Gasteiger charge is 2.17. The van der Waals surface area contributed by atoms with Gasteiger partial charge in [0.15, 0.2) is 11.7 Å². The Labute approximate surface area is 152 Å². The lowest BCUT2D eigenvalue weighted by atomic mass is 10.2. The molecule has 1 aromatic carbocycles. The van der Waals surface area contributed by atoms with Crippen molar-refractivity contribution in [3.8, 4) is 11.3 Å². The zero-order valence-electron chi connectivity index (χ0n) is 15.3. The first-order valence-electron chi connectivity index (χ1n) is 8.57. The second-order valence-electron chi connectivity index (χ2n) is 6.47. The largest absolute Gasteiger partial charge is 0.441 e. The lowest BCUT2D eigenvalue weighted by Gasteiger charge is -2.24. The molecule has 7 heteroatoms. The van der Waals surface area contributed by atoms with Crippen LogP contribution >= 0.6 is 0 Å². The number of hydrogen-bond donors (Lipinski definition) is 0. The molecule has 2 rings (SSSR count). The quantitative estimate of drug-likeness (QED) is 0.679. The lowest BCUT2D eigenvalue weighted by molar-refractivity contribution is -0.132. The Bertz CT molecular complexity index is 731. The summed E-state index contributed by atoms with van der Waals surface area (Å²) in [5.41, 5.74) is 0.137. The summed E-state index contributed by atoms with van der Waals surface area (Å²) in [5.74, 6) is -0.477. The van der Waals surface area contributed by atoms with E-state index in [1.54, 1.807) is 12.0 Å². The van der Waals surface area contributed by atoms with Crippen LogP contribution in [0.4, 0.5) is 8.78 Å². The minimum Gasteiger partial charge on any atom is -0.441 e. The maximum atomic E-state index is 13.8. The van der Waals surface area contributed by atoms with Crippen molar-refractivity contribution in [2.45, 2.75) is 26.7 Å². The van der Waals surface area contributed by atoms with Gasteiger partial charge in [0.1, 0.15) is 11.6 Å². The molecular formula is C19H24F2N2O3. The highest BCUT2D eigenvalue weighted by atomic mass is 19.1. The van der Waals surface area contributed by atoms with Crippen molar-refractivity contribution < 1.29 is 22.7 Å². The molecule has 142 valence electrons. The van der Waals surface area contributed by atoms with Gasteiger partial charge in [-0.1, -0.05) is 13.8 Å². The number of oxazole rings is 1. The molecule has 1 heterocycles. The van der Waals surface area contributed by atoms with E-state index in [9.17, 15) is 13.6 Å². The number of carbonyl (C=O) groups is 1. The summed E-state index contributed by atoms with van der Waals surface area (Å²) in [7, 11) is 1.60. The fourth-order valence-corrected chi connectivity index (χ4v) is 2.57. The maximum Gasteiger partial charge on any atom is 0.223 e. The van der Waals surface area contributed by atoms with Gasteiger partial charge in [-0.25, -0.2) is 13.8 Å². The summed E-state index contributed by atoms with van der Waals surface area (Å²) >= 11 is 0. The summed E-state index contributed by atoms with van der Waals surface area (Å²) in [6.07, 6.45) is 1.93. The molecule has 0 radical (unpaired) electrons. The van der Waals surface area contributed by atoms with Gasteiger partial charge in [-0.2, -0.15) is 0 Å². The highest BCUT2D eigenvalue weighted by Crippen LogP contribution is 2.24. The Morgan fingerprint density at radius 1 is 1.35 bits per heavy atom. The van der Waals surface area contributed by atoms with Crippen LogP contribution in [0, 0.1) is 17.6 Å². The van der Waals surface area contributed by atoms with E-state index < -0.39 is 11.6 Å². The number of carbonyl (C=O) groups excluding carboxylic acids is 1. The molecule has 0 spiro atoms. The van der Waals surface area contributed by atoms with Gasteiger partial charge < -0.3 is 14.1 Å². The molecule has 26 heavy (non-hydrogen) atoms. The van der Waals surface area contributed by atoms with Crippen LogP contribution in [0.5, 0.6) is 0 Å². The predicted molar refractivity (Wildman–Crippen MR) is 93.5 cm³/mol. The second-order valence-corrected chi connectivity index (χ2v) is 6.47. The summed E-state index contributed by atoms with van der Waals surface area (Å²) in [5, 5.41) is 0. The Morgan fingerprint density at radius 3 is 2.77 bits per heavy atom. The standard InChI is InChI=1S/C19H24F2N2O3/c1-13(2)12-23(8-9-25-3)19(24)7-6-18-22-11-17(26-18)15-5-4-14(20)10-16(15)21/h4-5,10-11,13H,6-9,12H2,1-3H3. The molecule has 0 saturated carbocycles. The molecule has 0 aliphatic heterocycles. The van der Waals surface area contributed by atoms with E-state index in [1.165, 1.54) is 12.3 Å². The molecule has 0 saturated heterocycles. The van der Waals surface area contributed by atoms with E-state index in [0.717, 1.165) is 12.1 Å². The van der Waals surface area contributed by atoms with Crippen molar-refractivity contribution >= 4 is 5.91 Å². The minimum absolute atomic E-state index is 0.0107. The van der Waals surface area contributed by atoms with E-state index in [-0.39, 0.29) is 23.7 Å². The van der Waals surface area contributed by atoms with Crippen molar-refractivity contribution in [1.29, 1.82) is 0 Å². The number of halogens is 2. The number of rotatable bonds is 9. The number of aromatic nitrogens is 1. The van der Waals surface area contributed by atoms with E-state index in [1.807, 2.05) is 13.8 Å². The molecule has 0 aliphatic carbocycles. The molecule has 0 bridgehead atoms. The van der Waals surface area contributed by atoms with Crippen molar-refractivity contribution in [1.82, 2.24) is 9.88 Å². The van der Waals surface area contributed by atoms with Crippen molar-refractivity contribution in [2.24, 2.45) is 5.92 Å². The molecule has 1 amide bonds. The second kappa shape index (κ2) is 9.43. The smallest absolute Gasteiger partial charge is 0.223 e. The van der Waals surface area contributed by atoms with E-state index >= 15 is 0 Å². The molecule has 0 aliphatic rings. The molecule has 5 nitrogen and oxygen atoms in total. The molecule has 2 aromatic rings. The molecule has 0 N–H and O–H groups in total. The number of amides is 1. The fourth-order valence-electron chi connectivity index (χ4n) is 2.57. The van der Waals surface area contributed by atoms with Gasteiger partial charge in [0.2, 0.25) is 5.91 Å². The Kier molecular flexibility index (Phi) is 7.26. The number of aryl methyl sites for hydroxylation is 1. The fraction of sp³-hybridized carbons (Fsp3) is 0.474. The molecular weight excluding hydrogens is 342 g/mol. The number of methoxy groups -OCH3 is 1. The van der Waals surface area contributed by atoms with E-state index in [2.05, 4.69) is 4.98 Å². The van der Waals surface area contributed by atoms with Gasteiger partial charge in [-0.05, 0) is 18.1 Å². The monoisotopic (exact) mass is 366 g/mol. The molecule has 1 aromatic heterocycles. The maximum absolute atomic E-state index is 13.8. The van der Waals surface area contributed by atoms with Crippen LogP contribution in [0.25, 0.3) is 11.3 Å². The van der Waals surface area contributed by atoms with Gasteiger partial charge in [0.05, 0.1) is 18.4 Å². The van der Waals surface area contributed by atoms with Gasteiger partial charge in [-0.3, -0.25) is 4.79 Å². The molecule has 0 unspecified atom stereocenters. The zero-order valence-corrected chi connectivity index (χ0v) is 15.3. The average molecular weight is 366 g/mol.